The van der Waals surface area contributed by atoms with E-state index in [0.29, 0.717) is 12.3 Å². The predicted molar refractivity (Wildman–Crippen MR) is 61.7 cm³/mol. The van der Waals surface area contributed by atoms with Crippen molar-refractivity contribution in [1.29, 1.82) is 0 Å². The number of hydrogen-bond donors (Lipinski definition) is 0. The molecule has 16 heavy (non-hydrogen) atoms. The van der Waals surface area contributed by atoms with Crippen LogP contribution >= 0.6 is 0 Å². The van der Waals surface area contributed by atoms with Crippen molar-refractivity contribution in [1.82, 2.24) is 9.80 Å². The number of hydrogen-bond acceptors (Lipinski definition) is 5. The van der Waals surface area contributed by atoms with Crippen molar-refractivity contribution in [3.05, 3.63) is 12.4 Å². The lowest BCUT2D eigenvalue weighted by Gasteiger charge is -2.22. The maximum Gasteiger partial charge on any atom is 0.0893 e. The molecule has 0 saturated carbocycles. The Labute approximate surface area is 99.5 Å². The van der Waals surface area contributed by atoms with Crippen LogP contribution in [0, 0.1) is 5.92 Å². The minimum Gasteiger partial charge on any atom is -0.750 e. The van der Waals surface area contributed by atoms with Crippen molar-refractivity contribution < 1.29 is 12.9 Å². The molecule has 1 rings (SSSR count). The summed E-state index contributed by atoms with van der Waals surface area (Å²) in [6.07, 6.45) is 4.83. The quantitative estimate of drug-likeness (QED) is 0.494. The summed E-state index contributed by atoms with van der Waals surface area (Å²) in [6, 6.07) is 0. The van der Waals surface area contributed by atoms with Gasteiger partial charge < -0.3 is 18.5 Å². The van der Waals surface area contributed by atoms with Crippen LogP contribution in [-0.2, 0) is 15.5 Å². The molecule has 1 atom stereocenters. The molecule has 94 valence electrons. The topological polar surface area (TPSA) is 55.8 Å². The van der Waals surface area contributed by atoms with Crippen LogP contribution in [0.25, 0.3) is 0 Å². The average Bonchev–Trinajstić information content (AvgIpc) is 2.59. The molecule has 0 aliphatic carbocycles. The highest BCUT2D eigenvalue weighted by Crippen LogP contribution is 2.09. The second-order valence-corrected chi connectivity index (χ2v) is 4.94. The molecule has 0 aromatic carbocycles. The summed E-state index contributed by atoms with van der Waals surface area (Å²) >= 11 is -2.38. The van der Waals surface area contributed by atoms with Gasteiger partial charge in [-0.15, -0.1) is 0 Å². The van der Waals surface area contributed by atoms with Gasteiger partial charge in [-0.3, -0.25) is 0 Å². The first-order valence-electron chi connectivity index (χ1n) is 5.47. The molecule has 0 fully saturated rings. The van der Waals surface area contributed by atoms with Crippen molar-refractivity contribution in [3.63, 3.8) is 0 Å². The molecule has 1 aliphatic heterocycles. The van der Waals surface area contributed by atoms with E-state index in [1.165, 1.54) is 0 Å². The summed E-state index contributed by atoms with van der Waals surface area (Å²) in [5, 5.41) is 0. The fraction of sp³-hybridized carbons (Fsp3) is 0.800. The predicted octanol–water partition coefficient (Wildman–Crippen LogP) is 0.890. The molecule has 0 aromatic heterocycles. The molecule has 1 unspecified atom stereocenters. The van der Waals surface area contributed by atoms with E-state index in [2.05, 4.69) is 34.0 Å². The molecular formula is C10H19N2O3S-. The lowest BCUT2D eigenvalue weighted by molar-refractivity contribution is 0.226. The maximum absolute atomic E-state index is 10.1. The van der Waals surface area contributed by atoms with E-state index in [0.717, 1.165) is 19.8 Å². The zero-order chi connectivity index (χ0) is 12.0. The monoisotopic (exact) mass is 247 g/mol. The lowest BCUT2D eigenvalue weighted by atomic mass is 10.2. The fourth-order valence-corrected chi connectivity index (χ4v) is 1.90. The zero-order valence-corrected chi connectivity index (χ0v) is 10.6. The minimum atomic E-state index is -2.38. The molecular weight excluding hydrogens is 228 g/mol. The van der Waals surface area contributed by atoms with Gasteiger partial charge in [0.05, 0.1) is 24.6 Å². The molecule has 5 nitrogen and oxygen atoms in total. The maximum atomic E-state index is 10.1. The highest BCUT2D eigenvalue weighted by Gasteiger charge is 2.12. The molecule has 0 N–H and O–H groups in total. The summed E-state index contributed by atoms with van der Waals surface area (Å²) < 4.78 is 24.7. The standard InChI is InChI=1S/C10H20N2O3S/c1-10(2)8-12-6-5-11(9-12)4-3-7-15-16(13)14/h5-6,10H,3-4,7-9H2,1-2H3,(H,13,14)/p-1. The van der Waals surface area contributed by atoms with E-state index < -0.39 is 11.4 Å². The first kappa shape index (κ1) is 13.5. The van der Waals surface area contributed by atoms with Gasteiger partial charge in [-0.25, -0.2) is 4.21 Å². The van der Waals surface area contributed by atoms with Gasteiger partial charge >= 0.3 is 0 Å². The Bertz CT molecular complexity index is 258. The highest BCUT2D eigenvalue weighted by atomic mass is 32.2. The van der Waals surface area contributed by atoms with Crippen molar-refractivity contribution >= 4 is 11.4 Å². The van der Waals surface area contributed by atoms with Crippen molar-refractivity contribution in [2.24, 2.45) is 5.92 Å². The highest BCUT2D eigenvalue weighted by molar-refractivity contribution is 7.74. The summed E-state index contributed by atoms with van der Waals surface area (Å²) in [5.41, 5.74) is 0. The van der Waals surface area contributed by atoms with Gasteiger partial charge in [0.1, 0.15) is 0 Å². The first-order chi connectivity index (χ1) is 7.58. The summed E-state index contributed by atoms with van der Waals surface area (Å²) in [5.74, 6) is 0.649. The van der Waals surface area contributed by atoms with Crippen molar-refractivity contribution in [2.45, 2.75) is 20.3 Å². The van der Waals surface area contributed by atoms with Crippen molar-refractivity contribution in [2.75, 3.05) is 26.4 Å². The molecule has 1 aliphatic rings. The second kappa shape index (κ2) is 6.88. The van der Waals surface area contributed by atoms with Gasteiger partial charge in [-0.05, 0) is 12.3 Å². The molecule has 0 saturated heterocycles. The molecule has 0 spiro atoms. The van der Waals surface area contributed by atoms with E-state index in [1.54, 1.807) is 0 Å². The van der Waals surface area contributed by atoms with Crippen LogP contribution in [0.3, 0.4) is 0 Å². The van der Waals surface area contributed by atoms with Crippen LogP contribution in [0.1, 0.15) is 20.3 Å². The van der Waals surface area contributed by atoms with Crippen molar-refractivity contribution in [3.8, 4) is 0 Å². The largest absolute Gasteiger partial charge is 0.750 e. The smallest absolute Gasteiger partial charge is 0.0893 e. The normalized spacial score (nSPS) is 17.5. The van der Waals surface area contributed by atoms with Crippen LogP contribution in [0.2, 0.25) is 0 Å². The SMILES string of the molecule is CC(C)CN1C=CN(CCCOS(=O)[O-])C1. The minimum absolute atomic E-state index is 0.255. The van der Waals surface area contributed by atoms with Gasteiger partial charge in [0.2, 0.25) is 0 Å². The Kier molecular flexibility index (Phi) is 5.79. The lowest BCUT2D eigenvalue weighted by Crippen LogP contribution is -2.29. The third-order valence-electron chi connectivity index (χ3n) is 2.22. The Morgan fingerprint density at radius 3 is 2.75 bits per heavy atom. The van der Waals surface area contributed by atoms with Crippen LogP contribution in [0.4, 0.5) is 0 Å². The van der Waals surface area contributed by atoms with Gasteiger partial charge in [0, 0.05) is 25.5 Å². The summed E-state index contributed by atoms with van der Waals surface area (Å²) in [4.78, 5) is 4.40. The molecule has 0 radical (unpaired) electrons. The second-order valence-electron chi connectivity index (χ2n) is 4.30. The average molecular weight is 247 g/mol. The van der Waals surface area contributed by atoms with Gasteiger partial charge in [-0.1, -0.05) is 13.8 Å². The first-order valence-corrected chi connectivity index (χ1v) is 6.47. The fourth-order valence-electron chi connectivity index (χ4n) is 1.64. The Balaban J connectivity index is 2.08. The van der Waals surface area contributed by atoms with E-state index in [-0.39, 0.29) is 6.61 Å². The van der Waals surface area contributed by atoms with Gasteiger partial charge in [0.15, 0.2) is 0 Å². The summed E-state index contributed by atoms with van der Waals surface area (Å²) in [7, 11) is 0. The Morgan fingerprint density at radius 1 is 1.44 bits per heavy atom. The molecule has 0 amide bonds. The zero-order valence-electron chi connectivity index (χ0n) is 9.80. The van der Waals surface area contributed by atoms with Crippen LogP contribution < -0.4 is 0 Å². The third kappa shape index (κ3) is 5.48. The summed E-state index contributed by atoms with van der Waals surface area (Å²) in [6.45, 7) is 7.39. The molecule has 0 aromatic rings. The van der Waals surface area contributed by atoms with Crippen LogP contribution in [0.5, 0.6) is 0 Å². The third-order valence-corrected chi connectivity index (χ3v) is 2.58. The number of rotatable bonds is 7. The molecule has 0 bridgehead atoms. The number of nitrogens with zero attached hydrogens (tertiary/aromatic N) is 2. The Morgan fingerprint density at radius 2 is 2.12 bits per heavy atom. The van der Waals surface area contributed by atoms with E-state index in [9.17, 15) is 8.76 Å². The van der Waals surface area contributed by atoms with Crippen LogP contribution in [-0.4, -0.2) is 44.9 Å². The molecule has 1 heterocycles. The Hall–Kier alpha value is -0.590. The molecule has 6 heteroatoms. The van der Waals surface area contributed by atoms with E-state index in [4.69, 9.17) is 0 Å². The van der Waals surface area contributed by atoms with E-state index >= 15 is 0 Å². The van der Waals surface area contributed by atoms with Gasteiger partial charge in [0.25, 0.3) is 0 Å². The van der Waals surface area contributed by atoms with E-state index in [1.807, 2.05) is 6.20 Å². The van der Waals surface area contributed by atoms with Gasteiger partial charge in [-0.2, -0.15) is 0 Å². The van der Waals surface area contributed by atoms with Crippen LogP contribution in [0.15, 0.2) is 12.4 Å².